The van der Waals surface area contributed by atoms with Crippen LogP contribution in [-0.2, 0) is 19.2 Å². The SMILES string of the molecule is O=C1C=C2CCC3=CC(=O)C(=CC3=O)CCC(=C1)C2=O. The van der Waals surface area contributed by atoms with Gasteiger partial charge < -0.3 is 0 Å². The third-order valence-electron chi connectivity index (χ3n) is 3.79. The molecule has 0 amide bonds. The molecule has 0 aromatic heterocycles. The quantitative estimate of drug-likeness (QED) is 0.625. The minimum atomic E-state index is -0.193. The van der Waals surface area contributed by atoms with Crippen LogP contribution in [0.25, 0.3) is 0 Å². The fraction of sp³-hybridized carbons (Fsp3) is 0.250. The van der Waals surface area contributed by atoms with Crippen LogP contribution in [-0.4, -0.2) is 23.1 Å². The lowest BCUT2D eigenvalue weighted by molar-refractivity contribution is -0.115. The number of carbonyl (C=O) groups is 4. The molecule has 4 bridgehead atoms. The molecule has 0 spiro atoms. The van der Waals surface area contributed by atoms with E-state index in [1.165, 1.54) is 24.3 Å². The first-order valence-corrected chi connectivity index (χ1v) is 6.54. The molecule has 0 saturated carbocycles. The van der Waals surface area contributed by atoms with Crippen molar-refractivity contribution in [2.24, 2.45) is 0 Å². The Hall–Kier alpha value is -2.36. The molecule has 0 unspecified atom stereocenters. The van der Waals surface area contributed by atoms with E-state index >= 15 is 0 Å². The van der Waals surface area contributed by atoms with Crippen molar-refractivity contribution in [2.75, 3.05) is 0 Å². The second-order valence-electron chi connectivity index (χ2n) is 5.14. The van der Waals surface area contributed by atoms with Crippen LogP contribution in [0.2, 0.25) is 0 Å². The van der Waals surface area contributed by atoms with Gasteiger partial charge in [-0.05, 0) is 50.0 Å². The van der Waals surface area contributed by atoms with Crippen molar-refractivity contribution in [1.82, 2.24) is 0 Å². The van der Waals surface area contributed by atoms with Gasteiger partial charge in [0, 0.05) is 22.3 Å². The Balaban J connectivity index is 2.03. The number of Topliss-reactive ketones (excluding diaryl/α,β-unsaturated/α-hetero) is 1. The van der Waals surface area contributed by atoms with Crippen LogP contribution in [0.3, 0.4) is 0 Å². The zero-order valence-electron chi connectivity index (χ0n) is 10.8. The maximum atomic E-state index is 12.2. The van der Waals surface area contributed by atoms with Gasteiger partial charge in [0.25, 0.3) is 0 Å². The molecule has 0 aromatic rings. The second-order valence-corrected chi connectivity index (χ2v) is 5.14. The highest BCUT2D eigenvalue weighted by Gasteiger charge is 2.27. The summed E-state index contributed by atoms with van der Waals surface area (Å²) in [4.78, 5) is 47.6. The summed E-state index contributed by atoms with van der Waals surface area (Å²) >= 11 is 0. The Labute approximate surface area is 115 Å². The van der Waals surface area contributed by atoms with Crippen molar-refractivity contribution >= 4 is 23.1 Å². The minimum Gasteiger partial charge on any atom is -0.290 e. The Kier molecular flexibility index (Phi) is 2.93. The van der Waals surface area contributed by atoms with Crippen LogP contribution in [0.5, 0.6) is 0 Å². The summed E-state index contributed by atoms with van der Waals surface area (Å²) in [5.74, 6) is -0.650. The van der Waals surface area contributed by atoms with Gasteiger partial charge in [0.2, 0.25) is 0 Å². The number of ketones is 4. The van der Waals surface area contributed by atoms with Crippen LogP contribution in [0.1, 0.15) is 25.7 Å². The molecule has 100 valence electrons. The monoisotopic (exact) mass is 268 g/mol. The number of rotatable bonds is 0. The maximum Gasteiger partial charge on any atom is 0.185 e. The van der Waals surface area contributed by atoms with Gasteiger partial charge in [-0.15, -0.1) is 0 Å². The van der Waals surface area contributed by atoms with Gasteiger partial charge in [0.05, 0.1) is 0 Å². The molecule has 4 aliphatic rings. The number of fused-ring (bicyclic) bond motifs is 4. The molecule has 4 heteroatoms. The average molecular weight is 268 g/mol. The average Bonchev–Trinajstić information content (AvgIpc) is 2.43. The van der Waals surface area contributed by atoms with Gasteiger partial charge in [0.1, 0.15) is 0 Å². The Morgan fingerprint density at radius 1 is 0.550 bits per heavy atom. The highest BCUT2D eigenvalue weighted by Crippen LogP contribution is 2.28. The Bertz CT molecular complexity index is 627. The lowest BCUT2D eigenvalue weighted by Gasteiger charge is -2.12. The second kappa shape index (κ2) is 4.63. The Morgan fingerprint density at radius 2 is 0.950 bits per heavy atom. The van der Waals surface area contributed by atoms with E-state index in [0.717, 1.165) is 0 Å². The van der Waals surface area contributed by atoms with Crippen molar-refractivity contribution in [3.05, 3.63) is 46.6 Å². The summed E-state index contributed by atoms with van der Waals surface area (Å²) in [6.07, 6.45) is 6.66. The van der Waals surface area contributed by atoms with Crippen LogP contribution >= 0.6 is 0 Å². The summed E-state index contributed by atoms with van der Waals surface area (Å²) < 4.78 is 0. The van der Waals surface area contributed by atoms with E-state index < -0.39 is 0 Å². The molecule has 4 nitrogen and oxygen atoms in total. The lowest BCUT2D eigenvalue weighted by Crippen LogP contribution is -2.14. The predicted molar refractivity (Wildman–Crippen MR) is 70.8 cm³/mol. The fourth-order valence-corrected chi connectivity index (χ4v) is 2.67. The molecule has 0 aliphatic heterocycles. The topological polar surface area (TPSA) is 68.3 Å². The van der Waals surface area contributed by atoms with Crippen molar-refractivity contribution in [3.8, 4) is 0 Å². The fourth-order valence-electron chi connectivity index (χ4n) is 2.67. The highest BCUT2D eigenvalue weighted by atomic mass is 16.1. The van der Waals surface area contributed by atoms with Gasteiger partial charge in [0.15, 0.2) is 23.1 Å². The van der Waals surface area contributed by atoms with Crippen LogP contribution < -0.4 is 0 Å². The van der Waals surface area contributed by atoms with Crippen LogP contribution in [0.4, 0.5) is 0 Å². The van der Waals surface area contributed by atoms with Crippen LogP contribution in [0, 0.1) is 0 Å². The zero-order chi connectivity index (χ0) is 14.3. The van der Waals surface area contributed by atoms with Crippen molar-refractivity contribution in [2.45, 2.75) is 25.7 Å². The van der Waals surface area contributed by atoms with E-state index in [0.29, 0.717) is 48.0 Å². The smallest absolute Gasteiger partial charge is 0.185 e. The number of carbonyl (C=O) groups excluding carboxylic acids is 4. The molecule has 0 fully saturated rings. The summed E-state index contributed by atoms with van der Waals surface area (Å²) in [5.41, 5.74) is 1.70. The molecule has 0 aromatic carbocycles. The molecular weight excluding hydrogens is 256 g/mol. The third kappa shape index (κ3) is 2.13. The molecule has 4 rings (SSSR count). The van der Waals surface area contributed by atoms with Crippen molar-refractivity contribution in [3.63, 3.8) is 0 Å². The summed E-state index contributed by atoms with van der Waals surface area (Å²) in [7, 11) is 0. The molecule has 0 atom stereocenters. The van der Waals surface area contributed by atoms with E-state index in [9.17, 15) is 19.2 Å². The first kappa shape index (κ1) is 12.7. The summed E-state index contributed by atoms with van der Waals surface area (Å²) in [5, 5.41) is 0. The molecule has 0 heterocycles. The summed E-state index contributed by atoms with van der Waals surface area (Å²) in [6.45, 7) is 0. The third-order valence-corrected chi connectivity index (χ3v) is 3.79. The highest BCUT2D eigenvalue weighted by molar-refractivity contribution is 6.22. The van der Waals surface area contributed by atoms with Crippen molar-refractivity contribution < 1.29 is 19.2 Å². The standard InChI is InChI=1S/C16H12O4/c17-13-5-11-3-1-9-7-15(19)10(8-14(9)18)2-4-12(6-13)16(11)20/h5-8H,1-4H2. The van der Waals surface area contributed by atoms with Gasteiger partial charge in [-0.1, -0.05) is 0 Å². The number of allylic oxidation sites excluding steroid dienone is 8. The molecule has 0 saturated heterocycles. The van der Waals surface area contributed by atoms with E-state index in [1.54, 1.807) is 0 Å². The normalized spacial score (nSPS) is 22.8. The first-order valence-electron chi connectivity index (χ1n) is 6.54. The molecular formula is C16H12O4. The van der Waals surface area contributed by atoms with Gasteiger partial charge in [-0.25, -0.2) is 0 Å². The van der Waals surface area contributed by atoms with E-state index in [4.69, 9.17) is 0 Å². The number of hydrogen-bond donors (Lipinski definition) is 0. The lowest BCUT2D eigenvalue weighted by atomic mass is 9.90. The van der Waals surface area contributed by atoms with E-state index in [1.807, 2.05) is 0 Å². The largest absolute Gasteiger partial charge is 0.290 e. The number of hydrogen-bond acceptors (Lipinski definition) is 4. The molecule has 0 N–H and O–H groups in total. The molecule has 20 heavy (non-hydrogen) atoms. The van der Waals surface area contributed by atoms with Crippen molar-refractivity contribution in [1.29, 1.82) is 0 Å². The first-order chi connectivity index (χ1) is 9.54. The van der Waals surface area contributed by atoms with Gasteiger partial charge >= 0.3 is 0 Å². The predicted octanol–water partition coefficient (Wildman–Crippen LogP) is 1.57. The zero-order valence-corrected chi connectivity index (χ0v) is 10.8. The maximum absolute atomic E-state index is 12.2. The molecule has 0 radical (unpaired) electrons. The Morgan fingerprint density at radius 3 is 1.40 bits per heavy atom. The van der Waals surface area contributed by atoms with Gasteiger partial charge in [-0.2, -0.15) is 0 Å². The van der Waals surface area contributed by atoms with Crippen LogP contribution in [0.15, 0.2) is 46.6 Å². The molecule has 4 aliphatic carbocycles. The van der Waals surface area contributed by atoms with E-state index in [2.05, 4.69) is 0 Å². The van der Waals surface area contributed by atoms with E-state index in [-0.39, 0.29) is 23.1 Å². The van der Waals surface area contributed by atoms with Gasteiger partial charge in [-0.3, -0.25) is 19.2 Å². The summed E-state index contributed by atoms with van der Waals surface area (Å²) in [6, 6.07) is 0. The minimum absolute atomic E-state index is 0.132.